The Morgan fingerprint density at radius 1 is 1.35 bits per heavy atom. The van der Waals surface area contributed by atoms with Gasteiger partial charge in [-0.3, -0.25) is 9.97 Å². The molecule has 0 atom stereocenters. The van der Waals surface area contributed by atoms with Crippen LogP contribution in [0.4, 0.5) is 0 Å². The summed E-state index contributed by atoms with van der Waals surface area (Å²) in [7, 11) is 1.52. The molecule has 0 aliphatic carbocycles. The highest BCUT2D eigenvalue weighted by molar-refractivity contribution is 9.10. The number of thiophene rings is 1. The number of carbonyl (C=O) groups excluding carboxylic acids is 1. The second-order valence-electron chi connectivity index (χ2n) is 4.00. The van der Waals surface area contributed by atoms with E-state index in [1.807, 2.05) is 13.8 Å². The highest BCUT2D eigenvalue weighted by Crippen LogP contribution is 2.39. The van der Waals surface area contributed by atoms with Gasteiger partial charge in [0, 0.05) is 17.3 Å². The molecule has 2 heterocycles. The fourth-order valence-corrected chi connectivity index (χ4v) is 3.24. The number of hydrogen-bond acceptors (Lipinski definition) is 6. The van der Waals surface area contributed by atoms with E-state index in [9.17, 15) is 4.79 Å². The summed E-state index contributed by atoms with van der Waals surface area (Å²) in [6.07, 6.45) is 3.17. The van der Waals surface area contributed by atoms with Crippen molar-refractivity contribution in [3.05, 3.63) is 38.0 Å². The van der Waals surface area contributed by atoms with Crippen molar-refractivity contribution in [2.24, 2.45) is 0 Å². The van der Waals surface area contributed by atoms with Gasteiger partial charge in [0.1, 0.15) is 6.61 Å². The van der Waals surface area contributed by atoms with Crippen LogP contribution in [0.25, 0.3) is 0 Å². The first-order valence-corrected chi connectivity index (χ1v) is 7.42. The van der Waals surface area contributed by atoms with E-state index in [-0.39, 0.29) is 6.61 Å². The molecular weight excluding hydrogens is 344 g/mol. The molecule has 0 spiro atoms. The van der Waals surface area contributed by atoms with E-state index in [2.05, 4.69) is 25.9 Å². The van der Waals surface area contributed by atoms with Crippen molar-refractivity contribution >= 4 is 33.2 Å². The van der Waals surface area contributed by atoms with E-state index in [4.69, 9.17) is 9.47 Å². The molecule has 0 aliphatic heterocycles. The molecule has 7 heteroatoms. The zero-order valence-corrected chi connectivity index (χ0v) is 13.7. The number of hydrogen-bond donors (Lipinski definition) is 0. The average molecular weight is 357 g/mol. The lowest BCUT2D eigenvalue weighted by atomic mass is 10.3. The number of nitrogens with zero attached hydrogens (tertiary/aromatic N) is 2. The summed E-state index contributed by atoms with van der Waals surface area (Å²) in [5, 5.41) is 0. The molecular formula is C13H13BrN2O3S. The van der Waals surface area contributed by atoms with Gasteiger partial charge in [-0.25, -0.2) is 4.79 Å². The Morgan fingerprint density at radius 2 is 2.05 bits per heavy atom. The molecule has 5 nitrogen and oxygen atoms in total. The number of ether oxygens (including phenoxy) is 2. The molecule has 0 saturated carbocycles. The molecule has 0 amide bonds. The predicted molar refractivity (Wildman–Crippen MR) is 79.2 cm³/mol. The second-order valence-corrected chi connectivity index (χ2v) is 6.02. The first-order valence-electron chi connectivity index (χ1n) is 5.81. The summed E-state index contributed by atoms with van der Waals surface area (Å²) in [6.45, 7) is 3.82. The van der Waals surface area contributed by atoms with Gasteiger partial charge in [0.15, 0.2) is 10.6 Å². The number of esters is 1. The highest BCUT2D eigenvalue weighted by atomic mass is 79.9. The molecule has 0 saturated heterocycles. The molecule has 2 aromatic heterocycles. The maximum Gasteiger partial charge on any atom is 0.352 e. The maximum absolute atomic E-state index is 12.1. The van der Waals surface area contributed by atoms with E-state index in [1.165, 1.54) is 18.4 Å². The Kier molecular flexibility index (Phi) is 4.72. The zero-order valence-electron chi connectivity index (χ0n) is 11.3. The van der Waals surface area contributed by atoms with Gasteiger partial charge in [0.05, 0.1) is 23.0 Å². The van der Waals surface area contributed by atoms with Crippen molar-refractivity contribution in [1.29, 1.82) is 0 Å². The van der Waals surface area contributed by atoms with Gasteiger partial charge in [-0.2, -0.15) is 0 Å². The van der Waals surface area contributed by atoms with Gasteiger partial charge in [0.2, 0.25) is 0 Å². The zero-order chi connectivity index (χ0) is 14.7. The monoisotopic (exact) mass is 356 g/mol. The molecule has 0 unspecified atom stereocenters. The van der Waals surface area contributed by atoms with Crippen molar-refractivity contribution in [2.75, 3.05) is 7.11 Å². The van der Waals surface area contributed by atoms with E-state index in [0.717, 1.165) is 15.0 Å². The van der Waals surface area contributed by atoms with Crippen molar-refractivity contribution < 1.29 is 14.3 Å². The van der Waals surface area contributed by atoms with Crippen LogP contribution in [0.1, 0.15) is 25.9 Å². The van der Waals surface area contributed by atoms with Crippen molar-refractivity contribution in [3.63, 3.8) is 0 Å². The maximum atomic E-state index is 12.1. The average Bonchev–Trinajstić information content (AvgIpc) is 2.73. The molecule has 0 bridgehead atoms. The Labute approximate surface area is 129 Å². The standard InChI is InChI=1S/C13H13BrN2O3S/c1-7-9(16-5-4-15-7)6-19-13(17)12-11(18-3)10(14)8(2)20-12/h4-5H,6H2,1-3H3. The third-order valence-corrected chi connectivity index (χ3v) is 4.97. The number of aryl methyl sites for hydroxylation is 2. The Morgan fingerprint density at radius 3 is 2.70 bits per heavy atom. The topological polar surface area (TPSA) is 61.3 Å². The fourth-order valence-electron chi connectivity index (χ4n) is 1.60. The van der Waals surface area contributed by atoms with Crippen LogP contribution in [-0.2, 0) is 11.3 Å². The van der Waals surface area contributed by atoms with Crippen molar-refractivity contribution in [2.45, 2.75) is 20.5 Å². The van der Waals surface area contributed by atoms with Gasteiger partial charge in [-0.05, 0) is 29.8 Å². The molecule has 0 N–H and O–H groups in total. The van der Waals surface area contributed by atoms with Crippen LogP contribution in [0.15, 0.2) is 16.9 Å². The minimum Gasteiger partial charge on any atom is -0.494 e. The SMILES string of the molecule is COc1c(C(=O)OCc2nccnc2C)sc(C)c1Br. The largest absolute Gasteiger partial charge is 0.494 e. The van der Waals surface area contributed by atoms with Crippen LogP contribution < -0.4 is 4.74 Å². The smallest absolute Gasteiger partial charge is 0.352 e. The van der Waals surface area contributed by atoms with Crippen LogP contribution in [-0.4, -0.2) is 23.0 Å². The quantitative estimate of drug-likeness (QED) is 0.786. The van der Waals surface area contributed by atoms with Crippen molar-refractivity contribution in [3.8, 4) is 5.75 Å². The number of methoxy groups -OCH3 is 1. The summed E-state index contributed by atoms with van der Waals surface area (Å²) >= 11 is 4.72. The first kappa shape index (κ1) is 14.9. The summed E-state index contributed by atoms with van der Waals surface area (Å²) in [6, 6.07) is 0. The molecule has 20 heavy (non-hydrogen) atoms. The molecule has 0 aliphatic rings. The summed E-state index contributed by atoms with van der Waals surface area (Å²) in [5.74, 6) is 0.0825. The molecule has 0 fully saturated rings. The Bertz CT molecular complexity index is 643. The lowest BCUT2D eigenvalue weighted by Crippen LogP contribution is -2.07. The summed E-state index contributed by atoms with van der Waals surface area (Å²) in [4.78, 5) is 21.8. The van der Waals surface area contributed by atoms with Gasteiger partial charge in [-0.15, -0.1) is 11.3 Å². The normalized spacial score (nSPS) is 10.4. The first-order chi connectivity index (χ1) is 9.54. The number of halogens is 1. The van der Waals surface area contributed by atoms with Crippen LogP contribution in [0.3, 0.4) is 0 Å². The van der Waals surface area contributed by atoms with Gasteiger partial charge < -0.3 is 9.47 Å². The number of carbonyl (C=O) groups is 1. The molecule has 0 radical (unpaired) electrons. The minimum absolute atomic E-state index is 0.0935. The molecule has 106 valence electrons. The fraction of sp³-hybridized carbons (Fsp3) is 0.308. The number of rotatable bonds is 4. The van der Waals surface area contributed by atoms with Gasteiger partial charge in [0.25, 0.3) is 0 Å². The molecule has 2 aromatic rings. The minimum atomic E-state index is -0.425. The Balaban J connectivity index is 2.13. The van der Waals surface area contributed by atoms with Crippen LogP contribution >= 0.6 is 27.3 Å². The number of aromatic nitrogens is 2. The summed E-state index contributed by atoms with van der Waals surface area (Å²) in [5.41, 5.74) is 1.39. The summed E-state index contributed by atoms with van der Waals surface area (Å²) < 4.78 is 11.3. The third-order valence-electron chi connectivity index (χ3n) is 2.68. The van der Waals surface area contributed by atoms with E-state index >= 15 is 0 Å². The van der Waals surface area contributed by atoms with Gasteiger partial charge >= 0.3 is 5.97 Å². The van der Waals surface area contributed by atoms with Crippen LogP contribution in [0.2, 0.25) is 0 Å². The van der Waals surface area contributed by atoms with E-state index in [1.54, 1.807) is 12.4 Å². The lowest BCUT2D eigenvalue weighted by molar-refractivity contribution is 0.0469. The van der Waals surface area contributed by atoms with Crippen LogP contribution in [0.5, 0.6) is 5.75 Å². The molecule has 0 aromatic carbocycles. The second kappa shape index (κ2) is 6.32. The highest BCUT2D eigenvalue weighted by Gasteiger charge is 2.22. The Hall–Kier alpha value is -1.47. The predicted octanol–water partition coefficient (Wildman–Crippen LogP) is 3.28. The van der Waals surface area contributed by atoms with Crippen molar-refractivity contribution in [1.82, 2.24) is 9.97 Å². The van der Waals surface area contributed by atoms with E-state index < -0.39 is 5.97 Å². The third kappa shape index (κ3) is 2.99. The molecule has 2 rings (SSSR count). The lowest BCUT2D eigenvalue weighted by Gasteiger charge is -2.06. The van der Waals surface area contributed by atoms with Gasteiger partial charge in [-0.1, -0.05) is 0 Å². The van der Waals surface area contributed by atoms with Crippen LogP contribution in [0, 0.1) is 13.8 Å². The van der Waals surface area contributed by atoms with E-state index in [0.29, 0.717) is 16.3 Å².